The molecule has 6 rings (SSSR count). The Morgan fingerprint density at radius 2 is 1.95 bits per heavy atom. The molecule has 9 heteroatoms. The van der Waals surface area contributed by atoms with E-state index < -0.39 is 5.41 Å². The van der Waals surface area contributed by atoms with Crippen LogP contribution in [0.5, 0.6) is 0 Å². The van der Waals surface area contributed by atoms with Gasteiger partial charge in [-0.25, -0.2) is 9.78 Å². The number of esters is 1. The summed E-state index contributed by atoms with van der Waals surface area (Å²) in [4.78, 5) is 35.8. The third-order valence-electron chi connectivity index (χ3n) is 7.84. The fourth-order valence-corrected chi connectivity index (χ4v) is 6.39. The number of carbonyl (C=O) groups is 2. The number of hydrogen-bond acceptors (Lipinski definition) is 7. The number of fused-ring (bicyclic) bond motifs is 4. The van der Waals surface area contributed by atoms with Crippen LogP contribution in [-0.2, 0) is 16.0 Å². The Balaban J connectivity index is 1.39. The van der Waals surface area contributed by atoms with E-state index in [0.717, 1.165) is 34.7 Å². The number of aromatic nitrogens is 1. The molecule has 1 fully saturated rings. The summed E-state index contributed by atoms with van der Waals surface area (Å²) in [5.41, 5.74) is 3.33. The molecule has 4 heterocycles. The van der Waals surface area contributed by atoms with Gasteiger partial charge in [0, 0.05) is 36.0 Å². The molecule has 0 bridgehead atoms. The molecule has 3 aliphatic rings. The van der Waals surface area contributed by atoms with Crippen LogP contribution in [0.25, 0.3) is 0 Å². The average Bonchev–Trinajstić information content (AvgIpc) is 3.19. The fraction of sp³-hybridized carbons (Fsp3) is 0.310. The van der Waals surface area contributed by atoms with Gasteiger partial charge in [0.15, 0.2) is 0 Å². The highest BCUT2D eigenvalue weighted by Crippen LogP contribution is 2.49. The molecule has 3 aliphatic heterocycles. The van der Waals surface area contributed by atoms with Crippen LogP contribution in [0, 0.1) is 5.41 Å². The molecule has 8 nitrogen and oxygen atoms in total. The van der Waals surface area contributed by atoms with Crippen molar-refractivity contribution in [1.29, 1.82) is 0 Å². The van der Waals surface area contributed by atoms with Crippen molar-refractivity contribution >= 4 is 50.7 Å². The summed E-state index contributed by atoms with van der Waals surface area (Å²) in [7, 11) is 0. The lowest BCUT2D eigenvalue weighted by molar-refractivity contribution is -0.125. The monoisotopic (exact) mass is 573 g/mol. The van der Waals surface area contributed by atoms with Crippen LogP contribution in [0.15, 0.2) is 76.4 Å². The maximum Gasteiger partial charge on any atom is 0.338 e. The van der Waals surface area contributed by atoms with Crippen molar-refractivity contribution in [3.8, 4) is 0 Å². The molecular formula is C29H28BrN5O3. The number of benzene rings is 2. The molecule has 0 N–H and O–H groups in total. The number of hydrazone groups is 1. The average molecular weight is 574 g/mol. The number of amides is 1. The first-order chi connectivity index (χ1) is 18.4. The van der Waals surface area contributed by atoms with Gasteiger partial charge in [-0.1, -0.05) is 22.0 Å². The maximum atomic E-state index is 14.5. The van der Waals surface area contributed by atoms with Gasteiger partial charge >= 0.3 is 5.97 Å². The summed E-state index contributed by atoms with van der Waals surface area (Å²) in [6.07, 6.45) is 2.37. The standard InChI is InChI=1S/C29H28BrN5O3/c1-3-38-27(36)20-7-10-23(11-8-20)35-28(37)29(19(2)32-35)17-21-16-22(30)9-12-24(21)34-15-14-33(18-25(29)34)26-6-4-5-13-31-26/h4-13,16,25H,3,14-15,17-18H2,1-2H3/t25-,29+/m0/s1. The summed E-state index contributed by atoms with van der Waals surface area (Å²) in [6.45, 7) is 6.28. The van der Waals surface area contributed by atoms with E-state index in [0.29, 0.717) is 30.8 Å². The van der Waals surface area contributed by atoms with Gasteiger partial charge in [-0.3, -0.25) is 4.79 Å². The van der Waals surface area contributed by atoms with Gasteiger partial charge in [0.05, 0.1) is 29.6 Å². The van der Waals surface area contributed by atoms with Crippen molar-refractivity contribution in [3.63, 3.8) is 0 Å². The highest BCUT2D eigenvalue weighted by molar-refractivity contribution is 9.10. The topological polar surface area (TPSA) is 78.3 Å². The van der Waals surface area contributed by atoms with E-state index in [-0.39, 0.29) is 17.9 Å². The van der Waals surface area contributed by atoms with E-state index in [4.69, 9.17) is 9.84 Å². The summed E-state index contributed by atoms with van der Waals surface area (Å²) < 4.78 is 6.09. The third kappa shape index (κ3) is 3.88. The second kappa shape index (κ2) is 9.54. The van der Waals surface area contributed by atoms with Gasteiger partial charge in [0.25, 0.3) is 5.91 Å². The van der Waals surface area contributed by atoms with Crippen LogP contribution >= 0.6 is 15.9 Å². The first kappa shape index (κ1) is 24.6. The minimum Gasteiger partial charge on any atom is -0.462 e. The normalized spacial score (nSPS) is 22.3. The summed E-state index contributed by atoms with van der Waals surface area (Å²) in [5, 5.41) is 6.33. The third-order valence-corrected chi connectivity index (χ3v) is 8.33. The molecule has 0 unspecified atom stereocenters. The lowest BCUT2D eigenvalue weighted by Crippen LogP contribution is -2.67. The molecule has 1 saturated heterocycles. The zero-order chi connectivity index (χ0) is 26.4. The number of anilines is 3. The lowest BCUT2D eigenvalue weighted by atomic mass is 9.67. The molecule has 1 aromatic heterocycles. The van der Waals surface area contributed by atoms with Gasteiger partial charge in [-0.2, -0.15) is 10.1 Å². The van der Waals surface area contributed by atoms with E-state index in [1.54, 1.807) is 37.4 Å². The molecule has 1 spiro atoms. The van der Waals surface area contributed by atoms with Crippen molar-refractivity contribution in [3.05, 3.63) is 82.5 Å². The van der Waals surface area contributed by atoms with E-state index in [2.05, 4.69) is 48.9 Å². The van der Waals surface area contributed by atoms with Gasteiger partial charge in [-0.05, 0) is 80.4 Å². The Labute approximate surface area is 230 Å². The minimum absolute atomic E-state index is 0.0534. The predicted molar refractivity (Wildman–Crippen MR) is 151 cm³/mol. The second-order valence-electron chi connectivity index (χ2n) is 9.83. The van der Waals surface area contributed by atoms with Crippen LogP contribution in [-0.4, -0.2) is 54.9 Å². The van der Waals surface area contributed by atoms with Crippen LogP contribution in [0.2, 0.25) is 0 Å². The highest BCUT2D eigenvalue weighted by Gasteiger charge is 2.60. The number of rotatable bonds is 4. The Morgan fingerprint density at radius 3 is 2.68 bits per heavy atom. The number of ether oxygens (including phenoxy) is 1. The molecule has 0 radical (unpaired) electrons. The quantitative estimate of drug-likeness (QED) is 0.422. The first-order valence-corrected chi connectivity index (χ1v) is 13.6. The van der Waals surface area contributed by atoms with Crippen LogP contribution in [0.4, 0.5) is 17.2 Å². The Hall–Kier alpha value is -3.72. The summed E-state index contributed by atoms with van der Waals surface area (Å²) in [5.74, 6) is 0.475. The van der Waals surface area contributed by atoms with Gasteiger partial charge in [-0.15, -0.1) is 0 Å². The SMILES string of the molecule is CCOC(=O)c1ccc(N2N=C(C)[C@@]3(Cc4cc(Br)ccc4N4CCN(c5ccccn5)C[C@H]43)C2=O)cc1. The first-order valence-electron chi connectivity index (χ1n) is 12.8. The van der Waals surface area contributed by atoms with Gasteiger partial charge in [0.2, 0.25) is 0 Å². The van der Waals surface area contributed by atoms with E-state index in [1.807, 2.05) is 25.1 Å². The van der Waals surface area contributed by atoms with Crippen molar-refractivity contribution in [2.45, 2.75) is 26.3 Å². The molecule has 2 aromatic carbocycles. The Kier molecular flexibility index (Phi) is 6.18. The minimum atomic E-state index is -0.832. The fourth-order valence-electron chi connectivity index (χ4n) is 5.98. The zero-order valence-corrected chi connectivity index (χ0v) is 22.9. The van der Waals surface area contributed by atoms with E-state index >= 15 is 0 Å². The molecule has 0 saturated carbocycles. The highest BCUT2D eigenvalue weighted by atomic mass is 79.9. The molecule has 3 aromatic rings. The molecule has 2 atom stereocenters. The molecule has 1 amide bonds. The van der Waals surface area contributed by atoms with Crippen molar-refractivity contribution < 1.29 is 14.3 Å². The summed E-state index contributed by atoms with van der Waals surface area (Å²) >= 11 is 3.63. The summed E-state index contributed by atoms with van der Waals surface area (Å²) in [6, 6.07) is 19.0. The predicted octanol–water partition coefficient (Wildman–Crippen LogP) is 4.68. The Morgan fingerprint density at radius 1 is 1.13 bits per heavy atom. The lowest BCUT2D eigenvalue weighted by Gasteiger charge is -2.53. The number of piperazine rings is 1. The zero-order valence-electron chi connectivity index (χ0n) is 21.3. The smallest absolute Gasteiger partial charge is 0.338 e. The molecule has 38 heavy (non-hydrogen) atoms. The van der Waals surface area contributed by atoms with E-state index in [1.165, 1.54) is 10.7 Å². The number of nitrogens with zero attached hydrogens (tertiary/aromatic N) is 5. The van der Waals surface area contributed by atoms with Crippen LogP contribution in [0.3, 0.4) is 0 Å². The van der Waals surface area contributed by atoms with Crippen LogP contribution < -0.4 is 14.8 Å². The van der Waals surface area contributed by atoms with Crippen molar-refractivity contribution in [1.82, 2.24) is 4.98 Å². The van der Waals surface area contributed by atoms with E-state index in [9.17, 15) is 9.59 Å². The van der Waals surface area contributed by atoms with Gasteiger partial charge < -0.3 is 14.5 Å². The molecule has 0 aliphatic carbocycles. The van der Waals surface area contributed by atoms with Crippen LogP contribution in [0.1, 0.15) is 29.8 Å². The van der Waals surface area contributed by atoms with Gasteiger partial charge in [0.1, 0.15) is 11.2 Å². The van der Waals surface area contributed by atoms with Crippen molar-refractivity contribution in [2.24, 2.45) is 10.5 Å². The number of halogens is 1. The number of hydrogen-bond donors (Lipinski definition) is 0. The van der Waals surface area contributed by atoms with Crippen molar-refractivity contribution in [2.75, 3.05) is 41.0 Å². The largest absolute Gasteiger partial charge is 0.462 e. The molecular weight excluding hydrogens is 546 g/mol. The number of pyridine rings is 1. The maximum absolute atomic E-state index is 14.5. The second-order valence-corrected chi connectivity index (χ2v) is 10.7. The molecule has 194 valence electrons. The number of carbonyl (C=O) groups excluding carboxylic acids is 2. The Bertz CT molecular complexity index is 1430.